The second-order valence-electron chi connectivity index (χ2n) is 8.06. The van der Waals surface area contributed by atoms with Gasteiger partial charge in [-0.2, -0.15) is 0 Å². The van der Waals surface area contributed by atoms with Gasteiger partial charge in [0, 0.05) is 44.3 Å². The number of aliphatic imine (C=N–C) groups is 1. The maximum Gasteiger partial charge on any atom is 0.409 e. The van der Waals surface area contributed by atoms with Crippen LogP contribution in [-0.2, 0) is 11.3 Å². The molecule has 0 bridgehead atoms. The van der Waals surface area contributed by atoms with Crippen LogP contribution in [0.4, 0.5) is 4.79 Å². The quantitative estimate of drug-likeness (QED) is 0.394. The largest absolute Gasteiger partial charge is 0.450 e. The topological polar surface area (TPSA) is 98.3 Å². The molecule has 1 aliphatic heterocycles. The Bertz CT molecular complexity index is 760. The van der Waals surface area contributed by atoms with Crippen LogP contribution in [0, 0.1) is 0 Å². The fraction of sp³-hybridized carbons (Fsp3) is 0.609. The number of carbonyl (C=O) groups excluding carboxylic acids is 2. The lowest BCUT2D eigenvalue weighted by Gasteiger charge is -2.32. The van der Waals surface area contributed by atoms with Gasteiger partial charge in [-0.3, -0.25) is 4.79 Å². The third kappa shape index (κ3) is 8.74. The molecule has 0 saturated carbocycles. The van der Waals surface area contributed by atoms with E-state index in [0.29, 0.717) is 38.3 Å². The molecule has 0 radical (unpaired) electrons. The van der Waals surface area contributed by atoms with Crippen LogP contribution in [0.5, 0.6) is 0 Å². The Hall–Kier alpha value is -2.81. The molecule has 3 N–H and O–H groups in total. The van der Waals surface area contributed by atoms with Gasteiger partial charge in [-0.15, -0.1) is 0 Å². The third-order valence-electron chi connectivity index (χ3n) is 5.16. The number of rotatable bonds is 9. The van der Waals surface area contributed by atoms with E-state index in [9.17, 15) is 9.59 Å². The molecule has 9 heteroatoms. The number of hydrogen-bond donors (Lipinski definition) is 3. The first-order valence-electron chi connectivity index (χ1n) is 11.4. The number of likely N-dealkylation sites (N-methyl/N-ethyl adjacent to an activating group) is 1. The highest BCUT2D eigenvalue weighted by Crippen LogP contribution is 2.12. The molecule has 1 fully saturated rings. The molecule has 178 valence electrons. The number of likely N-dealkylation sites (tertiary alicyclic amines) is 1. The number of guanidine groups is 1. The van der Waals surface area contributed by atoms with Crippen molar-refractivity contribution in [2.45, 2.75) is 39.3 Å². The van der Waals surface area contributed by atoms with Gasteiger partial charge >= 0.3 is 6.09 Å². The second-order valence-corrected chi connectivity index (χ2v) is 8.06. The SMILES string of the molecule is CCNC(=NCc1cccc(C(=O)NCCN(C)C)c1)NC1CCN(C(=O)OCC)CC1. The van der Waals surface area contributed by atoms with Gasteiger partial charge in [0.15, 0.2) is 5.96 Å². The van der Waals surface area contributed by atoms with Crippen LogP contribution in [0.15, 0.2) is 29.3 Å². The highest BCUT2D eigenvalue weighted by Gasteiger charge is 2.24. The van der Waals surface area contributed by atoms with Crippen molar-refractivity contribution in [1.29, 1.82) is 0 Å². The Labute approximate surface area is 191 Å². The predicted octanol–water partition coefficient (Wildman–Crippen LogP) is 1.65. The lowest BCUT2D eigenvalue weighted by atomic mass is 10.1. The van der Waals surface area contributed by atoms with Crippen molar-refractivity contribution in [3.05, 3.63) is 35.4 Å². The van der Waals surface area contributed by atoms with E-state index >= 15 is 0 Å². The summed E-state index contributed by atoms with van der Waals surface area (Å²) in [5, 5.41) is 9.69. The van der Waals surface area contributed by atoms with Crippen LogP contribution in [0.2, 0.25) is 0 Å². The first-order chi connectivity index (χ1) is 15.4. The fourth-order valence-electron chi connectivity index (χ4n) is 3.41. The van der Waals surface area contributed by atoms with Gasteiger partial charge in [0.05, 0.1) is 13.2 Å². The lowest BCUT2D eigenvalue weighted by Crippen LogP contribution is -2.49. The summed E-state index contributed by atoms with van der Waals surface area (Å²) in [7, 11) is 3.95. The zero-order chi connectivity index (χ0) is 23.3. The molecule has 0 atom stereocenters. The van der Waals surface area contributed by atoms with Crippen molar-refractivity contribution < 1.29 is 14.3 Å². The molecule has 9 nitrogen and oxygen atoms in total. The molecule has 0 spiro atoms. The Morgan fingerprint density at radius 2 is 1.94 bits per heavy atom. The van der Waals surface area contributed by atoms with Gasteiger partial charge in [0.1, 0.15) is 0 Å². The summed E-state index contributed by atoms with van der Waals surface area (Å²) in [6, 6.07) is 7.81. The molecular formula is C23H38N6O3. The fourth-order valence-corrected chi connectivity index (χ4v) is 3.41. The van der Waals surface area contributed by atoms with Crippen molar-refractivity contribution in [1.82, 2.24) is 25.8 Å². The van der Waals surface area contributed by atoms with E-state index < -0.39 is 0 Å². The Morgan fingerprint density at radius 3 is 2.59 bits per heavy atom. The van der Waals surface area contributed by atoms with Gasteiger partial charge in [-0.1, -0.05) is 12.1 Å². The number of nitrogens with zero attached hydrogens (tertiary/aromatic N) is 3. The molecule has 1 aromatic rings. The van der Waals surface area contributed by atoms with Gasteiger partial charge in [-0.05, 0) is 58.5 Å². The van der Waals surface area contributed by atoms with E-state index in [1.165, 1.54) is 0 Å². The van der Waals surface area contributed by atoms with E-state index in [-0.39, 0.29) is 18.0 Å². The standard InChI is InChI=1S/C23H38N6O3/c1-5-24-22(27-20-10-13-29(14-11-20)23(31)32-6-2)26-17-18-8-7-9-19(16-18)21(30)25-12-15-28(3)4/h7-9,16,20H,5-6,10-15,17H2,1-4H3,(H,25,30)(H2,24,26,27). The van der Waals surface area contributed by atoms with Crippen LogP contribution in [0.1, 0.15) is 42.6 Å². The van der Waals surface area contributed by atoms with Crippen molar-refractivity contribution in [3.8, 4) is 0 Å². The number of benzene rings is 1. The molecule has 32 heavy (non-hydrogen) atoms. The Balaban J connectivity index is 1.90. The molecular weight excluding hydrogens is 408 g/mol. The molecule has 1 aromatic carbocycles. The predicted molar refractivity (Wildman–Crippen MR) is 127 cm³/mol. The normalized spacial score (nSPS) is 14.9. The van der Waals surface area contributed by atoms with Crippen LogP contribution in [-0.4, -0.2) is 87.2 Å². The summed E-state index contributed by atoms with van der Waals surface area (Å²) in [5.74, 6) is 0.666. The number of piperidine rings is 1. The average Bonchev–Trinajstić information content (AvgIpc) is 2.78. The summed E-state index contributed by atoms with van der Waals surface area (Å²) in [6.45, 7) is 8.20. The van der Waals surface area contributed by atoms with Crippen molar-refractivity contribution >= 4 is 18.0 Å². The maximum absolute atomic E-state index is 12.4. The number of hydrogen-bond acceptors (Lipinski definition) is 5. The summed E-state index contributed by atoms with van der Waals surface area (Å²) >= 11 is 0. The van der Waals surface area contributed by atoms with E-state index in [2.05, 4.69) is 16.0 Å². The van der Waals surface area contributed by atoms with Crippen molar-refractivity contribution in [3.63, 3.8) is 0 Å². The highest BCUT2D eigenvalue weighted by molar-refractivity contribution is 5.94. The van der Waals surface area contributed by atoms with E-state index in [0.717, 1.165) is 37.5 Å². The molecule has 2 amide bonds. The smallest absolute Gasteiger partial charge is 0.409 e. The summed E-state index contributed by atoms with van der Waals surface area (Å²) < 4.78 is 5.08. The van der Waals surface area contributed by atoms with Gasteiger partial charge in [-0.25, -0.2) is 9.79 Å². The molecule has 0 aromatic heterocycles. The van der Waals surface area contributed by atoms with Crippen LogP contribution in [0.3, 0.4) is 0 Å². The zero-order valence-electron chi connectivity index (χ0n) is 19.8. The second kappa shape index (κ2) is 13.6. The number of nitrogens with one attached hydrogen (secondary N) is 3. The Morgan fingerprint density at radius 1 is 1.19 bits per heavy atom. The van der Waals surface area contributed by atoms with Crippen LogP contribution in [0.25, 0.3) is 0 Å². The summed E-state index contributed by atoms with van der Waals surface area (Å²) in [6.07, 6.45) is 1.44. The van der Waals surface area contributed by atoms with Gasteiger partial charge in [0.2, 0.25) is 0 Å². The van der Waals surface area contributed by atoms with E-state index in [1.54, 1.807) is 4.90 Å². The van der Waals surface area contributed by atoms with Crippen molar-refractivity contribution in [2.75, 3.05) is 53.4 Å². The number of ether oxygens (including phenoxy) is 1. The zero-order valence-corrected chi connectivity index (χ0v) is 19.8. The molecule has 1 saturated heterocycles. The minimum atomic E-state index is -0.239. The first-order valence-corrected chi connectivity index (χ1v) is 11.4. The average molecular weight is 447 g/mol. The first kappa shape index (κ1) is 25.5. The van der Waals surface area contributed by atoms with E-state index in [4.69, 9.17) is 9.73 Å². The molecule has 0 aliphatic carbocycles. The van der Waals surface area contributed by atoms with Crippen LogP contribution >= 0.6 is 0 Å². The summed E-state index contributed by atoms with van der Waals surface area (Å²) in [5.41, 5.74) is 1.61. The molecule has 1 aliphatic rings. The molecule has 2 rings (SSSR count). The minimum absolute atomic E-state index is 0.0731. The molecule has 0 unspecified atom stereocenters. The molecule has 1 heterocycles. The van der Waals surface area contributed by atoms with Crippen LogP contribution < -0.4 is 16.0 Å². The lowest BCUT2D eigenvalue weighted by molar-refractivity contribution is 0.0947. The summed E-state index contributed by atoms with van der Waals surface area (Å²) in [4.78, 5) is 32.7. The van der Waals surface area contributed by atoms with Crippen molar-refractivity contribution in [2.24, 2.45) is 4.99 Å². The number of amides is 2. The number of carbonyl (C=O) groups is 2. The van der Waals surface area contributed by atoms with Gasteiger partial charge < -0.3 is 30.5 Å². The van der Waals surface area contributed by atoms with Gasteiger partial charge in [0.25, 0.3) is 5.91 Å². The maximum atomic E-state index is 12.4. The highest BCUT2D eigenvalue weighted by atomic mass is 16.6. The van der Waals surface area contributed by atoms with E-state index in [1.807, 2.05) is 57.1 Å². The minimum Gasteiger partial charge on any atom is -0.450 e. The third-order valence-corrected chi connectivity index (χ3v) is 5.16. The Kier molecular flexibility index (Phi) is 10.8. The monoisotopic (exact) mass is 446 g/mol.